The lowest BCUT2D eigenvalue weighted by atomic mass is 9.86. The van der Waals surface area contributed by atoms with Crippen LogP contribution in [0.5, 0.6) is 17.2 Å². The summed E-state index contributed by atoms with van der Waals surface area (Å²) < 4.78 is 16.0. The van der Waals surface area contributed by atoms with Gasteiger partial charge < -0.3 is 25.3 Å². The van der Waals surface area contributed by atoms with Crippen molar-refractivity contribution in [3.63, 3.8) is 0 Å². The van der Waals surface area contributed by atoms with Crippen molar-refractivity contribution < 1.29 is 19.0 Å². The van der Waals surface area contributed by atoms with E-state index in [9.17, 15) is 4.79 Å². The van der Waals surface area contributed by atoms with Gasteiger partial charge in [0.25, 0.3) is 5.91 Å². The van der Waals surface area contributed by atoms with Crippen LogP contribution in [0.4, 0.5) is 0 Å². The van der Waals surface area contributed by atoms with E-state index < -0.39 is 5.91 Å². The molecule has 0 aromatic heterocycles. The fourth-order valence-corrected chi connectivity index (χ4v) is 3.36. The number of carbonyl (C=O) groups excluding carboxylic acids is 1. The number of thiocarbonyl (C=S) groups is 1. The van der Waals surface area contributed by atoms with Gasteiger partial charge in [-0.05, 0) is 43.1 Å². The topological polar surface area (TPSA) is 107 Å². The smallest absolute Gasteiger partial charge is 0.255 e. The zero-order valence-electron chi connectivity index (χ0n) is 16.5. The lowest BCUT2D eigenvalue weighted by molar-refractivity contribution is -0.119. The Morgan fingerprint density at radius 3 is 2.50 bits per heavy atom. The van der Waals surface area contributed by atoms with E-state index in [4.69, 9.17) is 32.2 Å². The molecule has 0 heterocycles. The molecule has 9 heteroatoms. The summed E-state index contributed by atoms with van der Waals surface area (Å²) in [6, 6.07) is 3.80. The number of nitrogens with two attached hydrogens (primary N) is 1. The third-order valence-electron chi connectivity index (χ3n) is 4.65. The number of rotatable bonds is 8. The Bertz CT molecular complexity index is 701. The number of hydrogen-bond acceptors (Lipinski definition) is 6. The van der Waals surface area contributed by atoms with Gasteiger partial charge in [0, 0.05) is 11.6 Å². The van der Waals surface area contributed by atoms with Crippen molar-refractivity contribution in [1.82, 2.24) is 10.7 Å². The summed E-state index contributed by atoms with van der Waals surface area (Å²) in [6.45, 7) is 1.96. The van der Waals surface area contributed by atoms with Crippen LogP contribution >= 0.6 is 12.2 Å². The summed E-state index contributed by atoms with van der Waals surface area (Å²) in [5.74, 6) is 1.11. The molecule has 4 N–H and O–H groups in total. The molecule has 1 amide bonds. The van der Waals surface area contributed by atoms with Gasteiger partial charge in [0.1, 0.15) is 0 Å². The van der Waals surface area contributed by atoms with Crippen LogP contribution in [0.2, 0.25) is 0 Å². The molecule has 1 aliphatic rings. The minimum atomic E-state index is -0.591. The Kier molecular flexibility index (Phi) is 8.31. The first-order chi connectivity index (χ1) is 13.4. The maximum Gasteiger partial charge on any atom is 0.255 e. The minimum absolute atomic E-state index is 0.277. The van der Waals surface area contributed by atoms with Gasteiger partial charge in [-0.15, -0.1) is 0 Å². The summed E-state index contributed by atoms with van der Waals surface area (Å²) in [6.07, 6.45) is 6.43. The van der Waals surface area contributed by atoms with Crippen LogP contribution in [0.3, 0.4) is 0 Å². The first kappa shape index (κ1) is 21.7. The van der Waals surface area contributed by atoms with Gasteiger partial charge >= 0.3 is 0 Å². The van der Waals surface area contributed by atoms with E-state index in [2.05, 4.69) is 22.8 Å². The Balaban J connectivity index is 2.02. The van der Waals surface area contributed by atoms with Crippen LogP contribution < -0.4 is 30.7 Å². The molecule has 2 rings (SSSR count). The minimum Gasteiger partial charge on any atom is -0.493 e. The first-order valence-electron chi connectivity index (χ1n) is 9.21. The van der Waals surface area contributed by atoms with Crippen molar-refractivity contribution in [3.05, 3.63) is 17.7 Å². The monoisotopic (exact) mass is 408 g/mol. The quantitative estimate of drug-likeness (QED) is 0.343. The molecule has 0 bridgehead atoms. The van der Waals surface area contributed by atoms with Gasteiger partial charge in [0.15, 0.2) is 23.2 Å². The molecule has 0 radical (unpaired) electrons. The van der Waals surface area contributed by atoms with Gasteiger partial charge in [0.2, 0.25) is 5.75 Å². The highest BCUT2D eigenvalue weighted by Gasteiger charge is 2.21. The van der Waals surface area contributed by atoms with E-state index in [-0.39, 0.29) is 6.61 Å². The molecule has 1 aromatic carbocycles. The van der Waals surface area contributed by atoms with E-state index in [1.165, 1.54) is 33.5 Å². The Labute approximate surface area is 170 Å². The highest BCUT2D eigenvalue weighted by atomic mass is 32.1. The molecule has 154 valence electrons. The van der Waals surface area contributed by atoms with E-state index >= 15 is 0 Å². The van der Waals surface area contributed by atoms with Crippen LogP contribution in [-0.4, -0.2) is 44.1 Å². The molecule has 1 aromatic rings. The summed E-state index contributed by atoms with van der Waals surface area (Å²) in [5.41, 5.74) is 8.68. The molecular weight excluding hydrogens is 380 g/mol. The molecule has 1 aliphatic carbocycles. The van der Waals surface area contributed by atoms with Crippen LogP contribution in [-0.2, 0) is 4.79 Å². The first-order valence-corrected chi connectivity index (χ1v) is 9.62. The predicted octanol–water partition coefficient (Wildman–Crippen LogP) is 1.94. The number of nitrogens with zero attached hydrogens (tertiary/aromatic N) is 1. The Morgan fingerprint density at radius 1 is 1.29 bits per heavy atom. The van der Waals surface area contributed by atoms with Crippen molar-refractivity contribution in [2.24, 2.45) is 16.8 Å². The van der Waals surface area contributed by atoms with E-state index in [1.807, 2.05) is 0 Å². The van der Waals surface area contributed by atoms with Crippen LogP contribution in [0.25, 0.3) is 0 Å². The number of hydrazone groups is 1. The van der Waals surface area contributed by atoms with Gasteiger partial charge in [-0.25, -0.2) is 0 Å². The molecule has 8 nitrogen and oxygen atoms in total. The number of carbonyl (C=O) groups is 1. The van der Waals surface area contributed by atoms with E-state index in [1.54, 1.807) is 18.3 Å². The second-order valence-electron chi connectivity index (χ2n) is 6.72. The van der Waals surface area contributed by atoms with Crippen molar-refractivity contribution in [1.29, 1.82) is 0 Å². The summed E-state index contributed by atoms with van der Waals surface area (Å²) in [5, 5.41) is 8.01. The lowest BCUT2D eigenvalue weighted by Gasteiger charge is -2.30. The summed E-state index contributed by atoms with van der Waals surface area (Å²) >= 11 is 5.33. The Hall–Kier alpha value is -2.55. The number of primary amides is 1. The third kappa shape index (κ3) is 6.26. The van der Waals surface area contributed by atoms with Gasteiger partial charge in [0.05, 0.1) is 20.4 Å². The maximum absolute atomic E-state index is 11.0. The fraction of sp³-hybridized carbons (Fsp3) is 0.526. The largest absolute Gasteiger partial charge is 0.493 e. The predicted molar refractivity (Wildman–Crippen MR) is 112 cm³/mol. The van der Waals surface area contributed by atoms with Crippen molar-refractivity contribution in [2.75, 3.05) is 20.8 Å². The second kappa shape index (κ2) is 10.7. The molecular formula is C19H28N4O4S. The fourth-order valence-electron chi connectivity index (χ4n) is 3.16. The lowest BCUT2D eigenvalue weighted by Crippen LogP contribution is -2.44. The zero-order valence-corrected chi connectivity index (χ0v) is 17.3. The average molecular weight is 409 g/mol. The van der Waals surface area contributed by atoms with E-state index in [0.29, 0.717) is 39.9 Å². The number of ether oxygens (including phenoxy) is 3. The van der Waals surface area contributed by atoms with Crippen LogP contribution in [0.1, 0.15) is 38.2 Å². The highest BCUT2D eigenvalue weighted by molar-refractivity contribution is 7.80. The third-order valence-corrected chi connectivity index (χ3v) is 4.86. The molecule has 1 fully saturated rings. The maximum atomic E-state index is 11.0. The number of benzene rings is 1. The van der Waals surface area contributed by atoms with Crippen molar-refractivity contribution in [2.45, 2.75) is 38.6 Å². The van der Waals surface area contributed by atoms with Gasteiger partial charge in [-0.1, -0.05) is 19.8 Å². The van der Waals surface area contributed by atoms with Crippen molar-refractivity contribution >= 4 is 29.5 Å². The normalized spacial score (nSPS) is 19.1. The number of nitrogens with one attached hydrogen (secondary N) is 2. The number of amides is 1. The SMILES string of the molecule is COc1cc(/C=N\NC(=S)N[C@H]2CCCC[C@H]2C)cc(OC)c1OCC(N)=O. The molecule has 0 saturated heterocycles. The van der Waals surface area contributed by atoms with Crippen LogP contribution in [0, 0.1) is 5.92 Å². The van der Waals surface area contributed by atoms with Gasteiger partial charge in [-0.2, -0.15) is 5.10 Å². The number of methoxy groups -OCH3 is 2. The van der Waals surface area contributed by atoms with Gasteiger partial charge in [-0.3, -0.25) is 10.2 Å². The van der Waals surface area contributed by atoms with E-state index in [0.717, 1.165) is 6.42 Å². The molecule has 2 atom stereocenters. The molecule has 0 unspecified atom stereocenters. The highest BCUT2D eigenvalue weighted by Crippen LogP contribution is 2.38. The average Bonchev–Trinajstić information content (AvgIpc) is 2.67. The zero-order chi connectivity index (χ0) is 20.5. The molecule has 0 aliphatic heterocycles. The molecule has 0 spiro atoms. The Morgan fingerprint density at radius 2 is 1.93 bits per heavy atom. The number of hydrogen-bond donors (Lipinski definition) is 3. The van der Waals surface area contributed by atoms with Crippen LogP contribution in [0.15, 0.2) is 17.2 Å². The molecule has 1 saturated carbocycles. The summed E-state index contributed by atoms with van der Waals surface area (Å²) in [7, 11) is 2.99. The molecule has 28 heavy (non-hydrogen) atoms. The van der Waals surface area contributed by atoms with Crippen molar-refractivity contribution in [3.8, 4) is 17.2 Å². The second-order valence-corrected chi connectivity index (χ2v) is 7.13. The standard InChI is InChI=1S/C19H28N4O4S/c1-12-6-4-5-7-14(12)22-19(28)23-21-10-13-8-15(25-2)18(16(9-13)26-3)27-11-17(20)24/h8-10,12,14H,4-7,11H2,1-3H3,(H2,20,24)(H2,22,23,28)/b21-10-/t12-,14+/m1/s1. The summed E-state index contributed by atoms with van der Waals surface area (Å²) in [4.78, 5) is 11.0.